The molecule has 2 saturated carbocycles. The van der Waals surface area contributed by atoms with Crippen molar-refractivity contribution in [2.24, 2.45) is 23.5 Å². The lowest BCUT2D eigenvalue weighted by Crippen LogP contribution is -2.73. The van der Waals surface area contributed by atoms with Gasteiger partial charge in [0.1, 0.15) is 17.4 Å². The molecule has 40 heavy (non-hydrogen) atoms. The number of phenolic OH excluding ortho intramolecular Hbond substituents is 1. The molecule has 0 heterocycles. The van der Waals surface area contributed by atoms with Crippen LogP contribution in [0.1, 0.15) is 49.4 Å². The Morgan fingerprint density at radius 2 is 1.80 bits per heavy atom. The number of carbonyl (C=O) groups excluding carboxylic acids is 3. The summed E-state index contributed by atoms with van der Waals surface area (Å²) < 4.78 is 0. The summed E-state index contributed by atoms with van der Waals surface area (Å²) in [4.78, 5) is 43.2. The minimum Gasteiger partial charge on any atom is -0.507 e. The summed E-state index contributed by atoms with van der Waals surface area (Å²) >= 11 is 0. The highest BCUT2D eigenvalue weighted by atomic mass is 16.3. The van der Waals surface area contributed by atoms with Gasteiger partial charge in [0.05, 0.1) is 18.2 Å². The van der Waals surface area contributed by atoms with E-state index >= 15 is 0 Å². The van der Waals surface area contributed by atoms with Crippen LogP contribution in [0.3, 0.4) is 0 Å². The van der Waals surface area contributed by atoms with Crippen molar-refractivity contribution >= 4 is 23.2 Å². The van der Waals surface area contributed by atoms with Gasteiger partial charge in [-0.25, -0.2) is 0 Å². The van der Waals surface area contributed by atoms with Crippen LogP contribution in [-0.2, 0) is 26.2 Å². The van der Waals surface area contributed by atoms with Crippen LogP contribution in [-0.4, -0.2) is 100 Å². The second kappa shape index (κ2) is 10.00. The fourth-order valence-corrected chi connectivity index (χ4v) is 6.65. The second-order valence-electron chi connectivity index (χ2n) is 12.8. The van der Waals surface area contributed by atoms with Crippen LogP contribution < -0.4 is 5.73 Å². The zero-order valence-electron chi connectivity index (χ0n) is 24.1. The quantitative estimate of drug-likeness (QED) is 0.262. The lowest BCUT2D eigenvalue weighted by atomic mass is 9.54. The van der Waals surface area contributed by atoms with Crippen LogP contribution in [0.5, 0.6) is 5.75 Å². The molecular formula is C30H39N3O7. The minimum atomic E-state index is -2.68. The van der Waals surface area contributed by atoms with Gasteiger partial charge in [-0.2, -0.15) is 0 Å². The molecule has 1 aromatic carbocycles. The van der Waals surface area contributed by atoms with Crippen molar-refractivity contribution in [2.75, 3.05) is 34.7 Å². The monoisotopic (exact) mass is 553 g/mol. The first-order valence-electron chi connectivity index (χ1n) is 13.4. The molecule has 10 nitrogen and oxygen atoms in total. The third-order valence-corrected chi connectivity index (χ3v) is 8.52. The number of hydrogen-bond acceptors (Lipinski definition) is 9. The summed E-state index contributed by atoms with van der Waals surface area (Å²) in [6, 6.07) is 0.870. The number of nitrogens with zero attached hydrogens (tertiary/aromatic N) is 2. The van der Waals surface area contributed by atoms with E-state index in [1.165, 1.54) is 0 Å². The van der Waals surface area contributed by atoms with Gasteiger partial charge in [0.15, 0.2) is 11.4 Å². The van der Waals surface area contributed by atoms with Crippen LogP contribution in [0.2, 0.25) is 0 Å². The molecule has 0 spiro atoms. The van der Waals surface area contributed by atoms with E-state index in [1.807, 2.05) is 45.8 Å². The largest absolute Gasteiger partial charge is 0.507 e. The predicted molar refractivity (Wildman–Crippen MR) is 148 cm³/mol. The Hall–Kier alpha value is -3.23. The van der Waals surface area contributed by atoms with E-state index in [-0.39, 0.29) is 29.7 Å². The van der Waals surface area contributed by atoms with Gasteiger partial charge in [-0.15, -0.1) is 0 Å². The van der Waals surface area contributed by atoms with E-state index in [0.717, 1.165) is 0 Å². The average Bonchev–Trinajstić information content (AvgIpc) is 2.81. The molecule has 1 aromatic rings. The highest BCUT2D eigenvalue weighted by Crippen LogP contribution is 2.53. The van der Waals surface area contributed by atoms with Crippen molar-refractivity contribution in [3.8, 4) is 17.6 Å². The van der Waals surface area contributed by atoms with E-state index in [2.05, 4.69) is 11.8 Å². The van der Waals surface area contributed by atoms with Gasteiger partial charge in [0.25, 0.3) is 0 Å². The number of amides is 1. The fraction of sp³-hybridized carbons (Fsp3) is 0.567. The van der Waals surface area contributed by atoms with Gasteiger partial charge in [-0.3, -0.25) is 19.3 Å². The van der Waals surface area contributed by atoms with Gasteiger partial charge in [0, 0.05) is 28.7 Å². The zero-order chi connectivity index (χ0) is 30.1. The molecule has 3 aliphatic carbocycles. The Labute approximate surface area is 234 Å². The van der Waals surface area contributed by atoms with Gasteiger partial charge < -0.3 is 31.1 Å². The molecule has 0 aliphatic heterocycles. The SMILES string of the molecule is CN(C)CC#Cc1cc(C(C)(C)C)c(O)c2c1C[C@@H]1C[C@@H]3[C@@H](N(C)C)C(O)C(C(N)=O)C(=O)[C@]3(O)C(=O)C1=C2O. The number of nitrogens with two attached hydrogens (primary N) is 1. The van der Waals surface area contributed by atoms with Gasteiger partial charge >= 0.3 is 0 Å². The van der Waals surface area contributed by atoms with Crippen molar-refractivity contribution in [3.05, 3.63) is 33.9 Å². The van der Waals surface area contributed by atoms with E-state index < -0.39 is 64.1 Å². The third-order valence-electron chi connectivity index (χ3n) is 8.52. The van der Waals surface area contributed by atoms with Crippen molar-refractivity contribution in [2.45, 2.75) is 56.8 Å². The molecule has 6 N–H and O–H groups in total. The van der Waals surface area contributed by atoms with Gasteiger partial charge in [-0.1, -0.05) is 32.6 Å². The number of aromatic hydroxyl groups is 1. The predicted octanol–water partition coefficient (Wildman–Crippen LogP) is 0.340. The maximum Gasteiger partial charge on any atom is 0.230 e. The molecule has 0 radical (unpaired) electrons. The smallest absolute Gasteiger partial charge is 0.230 e. The number of phenols is 1. The molecular weight excluding hydrogens is 514 g/mol. The van der Waals surface area contributed by atoms with E-state index in [9.17, 15) is 34.8 Å². The highest BCUT2D eigenvalue weighted by Gasteiger charge is 2.67. The third kappa shape index (κ3) is 4.41. The molecule has 0 aromatic heterocycles. The number of rotatable bonds is 3. The zero-order valence-corrected chi connectivity index (χ0v) is 24.1. The Morgan fingerprint density at radius 1 is 1.18 bits per heavy atom. The summed E-state index contributed by atoms with van der Waals surface area (Å²) in [5, 5.41) is 45.8. The molecule has 1 amide bonds. The molecule has 216 valence electrons. The number of likely N-dealkylation sites (N-methyl/N-ethyl adjacent to an activating group) is 1. The summed E-state index contributed by atoms with van der Waals surface area (Å²) in [5.41, 5.74) is 3.79. The second-order valence-corrected chi connectivity index (χ2v) is 12.8. The first-order valence-corrected chi connectivity index (χ1v) is 13.4. The number of aliphatic hydroxyl groups excluding tert-OH is 2. The Bertz CT molecular complexity index is 1380. The first kappa shape index (κ1) is 29.7. The van der Waals surface area contributed by atoms with Crippen LogP contribution in [0.15, 0.2) is 11.6 Å². The summed E-state index contributed by atoms with van der Waals surface area (Å²) in [6.07, 6.45) is -1.26. The van der Waals surface area contributed by atoms with Crippen LogP contribution in [0.25, 0.3) is 5.76 Å². The lowest BCUT2D eigenvalue weighted by molar-refractivity contribution is -0.184. The van der Waals surface area contributed by atoms with Crippen molar-refractivity contribution in [3.63, 3.8) is 0 Å². The van der Waals surface area contributed by atoms with Crippen molar-refractivity contribution in [1.82, 2.24) is 9.80 Å². The summed E-state index contributed by atoms with van der Waals surface area (Å²) in [6.45, 7) is 6.18. The molecule has 0 bridgehead atoms. The standard InChI is InChI=1S/C30H39N3O7/c1-29(2,3)18-12-14(9-8-10-32(4)5)16-11-15-13-17-22(33(6)7)25(36)21(28(31)39)27(38)30(17,40)26(37)19(15)24(35)20(16)23(18)34/h12,15,17,21-22,25,34-36,40H,10-11,13H2,1-7H3,(H2,31,39)/t15-,17-,21?,22-,25?,30-/m1/s1. The molecule has 0 saturated heterocycles. The summed E-state index contributed by atoms with van der Waals surface area (Å²) in [5.74, 6) is -1.29. The van der Waals surface area contributed by atoms with Crippen molar-refractivity contribution < 1.29 is 34.8 Å². The molecule has 3 aliphatic rings. The molecule has 2 unspecified atom stereocenters. The molecule has 4 rings (SSSR count). The number of fused-ring (bicyclic) bond motifs is 3. The number of benzene rings is 1. The number of hydrogen-bond donors (Lipinski definition) is 5. The molecule has 10 heteroatoms. The number of aliphatic hydroxyl groups is 3. The highest BCUT2D eigenvalue weighted by molar-refractivity contribution is 6.25. The number of primary amides is 1. The van der Waals surface area contributed by atoms with Gasteiger partial charge in [0.2, 0.25) is 11.7 Å². The fourth-order valence-electron chi connectivity index (χ4n) is 6.65. The van der Waals surface area contributed by atoms with Gasteiger partial charge in [-0.05, 0) is 64.0 Å². The number of carbonyl (C=O) groups is 3. The maximum absolute atomic E-state index is 14.1. The van der Waals surface area contributed by atoms with E-state index in [4.69, 9.17) is 5.73 Å². The Kier molecular flexibility index (Phi) is 7.43. The normalized spacial score (nSPS) is 30.0. The molecule has 2 fully saturated rings. The topological polar surface area (TPSA) is 165 Å². The van der Waals surface area contributed by atoms with Crippen molar-refractivity contribution in [1.29, 1.82) is 0 Å². The Morgan fingerprint density at radius 3 is 2.33 bits per heavy atom. The number of ketones is 2. The molecule has 6 atom stereocenters. The first-order chi connectivity index (χ1) is 18.4. The van der Waals surface area contributed by atoms with Crippen LogP contribution in [0.4, 0.5) is 0 Å². The maximum atomic E-state index is 14.1. The minimum absolute atomic E-state index is 0.0575. The van der Waals surface area contributed by atoms with E-state index in [0.29, 0.717) is 23.2 Å². The van der Waals surface area contributed by atoms with Crippen LogP contribution in [0, 0.1) is 29.6 Å². The van der Waals surface area contributed by atoms with E-state index in [1.54, 1.807) is 19.0 Å². The van der Waals surface area contributed by atoms with Crippen LogP contribution >= 0.6 is 0 Å². The Balaban J connectivity index is 1.97. The lowest BCUT2D eigenvalue weighted by Gasteiger charge is -2.53. The summed E-state index contributed by atoms with van der Waals surface area (Å²) in [7, 11) is 7.02. The number of Topliss-reactive ketones (excluding diaryl/α,β-unsaturated/α-hetero) is 2. The average molecular weight is 554 g/mol.